The third kappa shape index (κ3) is 10.1. The van der Waals surface area contributed by atoms with E-state index in [0.717, 1.165) is 11.1 Å². The second kappa shape index (κ2) is 18.2. The van der Waals surface area contributed by atoms with Gasteiger partial charge in [0, 0.05) is 43.5 Å². The summed E-state index contributed by atoms with van der Waals surface area (Å²) in [6.07, 6.45) is 0.536. The number of rotatable bonds is 10. The zero-order valence-corrected chi connectivity index (χ0v) is 30.7. The Morgan fingerprint density at radius 3 is 1.46 bits per heavy atom. The van der Waals surface area contributed by atoms with Crippen LogP contribution in [0.4, 0.5) is 16.2 Å². The van der Waals surface area contributed by atoms with Gasteiger partial charge in [0.2, 0.25) is 23.6 Å². The smallest absolute Gasteiger partial charge is 0.407 e. The van der Waals surface area contributed by atoms with Crippen LogP contribution in [-0.2, 0) is 23.9 Å². The van der Waals surface area contributed by atoms with E-state index in [1.807, 2.05) is 88.0 Å². The highest BCUT2D eigenvalue weighted by Crippen LogP contribution is 2.27. The average Bonchev–Trinajstić information content (AvgIpc) is 3.74. The predicted molar refractivity (Wildman–Crippen MR) is 197 cm³/mol. The first kappa shape index (κ1) is 40.5. The van der Waals surface area contributed by atoms with Crippen LogP contribution >= 0.6 is 27.0 Å². The second-order valence-electron chi connectivity index (χ2n) is 13.1. The number of benzene rings is 2. The summed E-state index contributed by atoms with van der Waals surface area (Å²) in [7, 11) is 1.25. The van der Waals surface area contributed by atoms with Gasteiger partial charge in [0.15, 0.2) is 0 Å². The number of alkyl carbamates (subject to hydrolysis) is 1. The molecule has 264 valence electrons. The van der Waals surface area contributed by atoms with E-state index in [2.05, 4.69) is 20.7 Å². The minimum Gasteiger partial charge on any atom is -0.453 e. The average molecular weight is 702 g/mol. The molecule has 0 radical (unpaired) electrons. The Kier molecular flexibility index (Phi) is 15.3. The van der Waals surface area contributed by atoms with Crippen LogP contribution in [0.1, 0.15) is 47.5 Å². The van der Waals surface area contributed by atoms with Gasteiger partial charge in [-0.15, -0.1) is 0 Å². The van der Waals surface area contributed by atoms with E-state index < -0.39 is 12.1 Å². The minimum absolute atomic E-state index is 0. The first-order valence-corrected chi connectivity index (χ1v) is 16.1. The molecule has 0 spiro atoms. The van der Waals surface area contributed by atoms with Crippen LogP contribution in [0.2, 0.25) is 0 Å². The first-order valence-electron chi connectivity index (χ1n) is 16.1. The molecule has 48 heavy (non-hydrogen) atoms. The van der Waals surface area contributed by atoms with Crippen LogP contribution in [0, 0.1) is 29.6 Å². The van der Waals surface area contributed by atoms with Crippen LogP contribution < -0.4 is 16.0 Å². The maximum absolute atomic E-state index is 13.0. The number of nitrogens with zero attached hydrogens (tertiary/aromatic N) is 2. The van der Waals surface area contributed by atoms with Crippen molar-refractivity contribution in [3.63, 3.8) is 0 Å². The summed E-state index contributed by atoms with van der Waals surface area (Å²) in [5.41, 5.74) is 3.27. The minimum atomic E-state index is -0.722. The van der Waals surface area contributed by atoms with E-state index >= 15 is 0 Å². The Labute approximate surface area is 297 Å². The van der Waals surface area contributed by atoms with Crippen LogP contribution in [0.15, 0.2) is 48.5 Å². The third-order valence-electron chi connectivity index (χ3n) is 9.16. The molecule has 2 aromatic carbocycles. The Morgan fingerprint density at radius 2 is 1.08 bits per heavy atom. The number of amides is 5. The molecule has 2 heterocycles. The Hall–Kier alpha value is -3.71. The number of hydrogen-bond acceptors (Lipinski definition) is 6. The number of likely N-dealkylation sites (tertiary alicyclic amines) is 2. The van der Waals surface area contributed by atoms with Gasteiger partial charge in [0.25, 0.3) is 0 Å². The van der Waals surface area contributed by atoms with Gasteiger partial charge in [0.05, 0.1) is 18.9 Å². The molecule has 0 saturated carbocycles. The number of carbonyl (C=O) groups excluding carboxylic acids is 5. The summed E-state index contributed by atoms with van der Waals surface area (Å²) in [5, 5.41) is 8.54. The van der Waals surface area contributed by atoms with Crippen molar-refractivity contribution in [2.24, 2.45) is 29.6 Å². The summed E-state index contributed by atoms with van der Waals surface area (Å²) >= 11 is 0. The van der Waals surface area contributed by atoms with E-state index in [9.17, 15) is 24.0 Å². The van der Waals surface area contributed by atoms with E-state index in [0.29, 0.717) is 43.9 Å². The summed E-state index contributed by atoms with van der Waals surface area (Å²) in [6, 6.07) is 14.4. The lowest BCUT2D eigenvalue weighted by atomic mass is 9.97. The molecule has 4 rings (SSSR count). The first-order chi connectivity index (χ1) is 21.9. The van der Waals surface area contributed by atoms with Crippen molar-refractivity contribution in [2.75, 3.05) is 43.9 Å². The molecule has 2 fully saturated rings. The SMILES string of the molecule is COC(=O)N[C@H](C(=O)N1CCC(C(=O)Nc2ccc(-c3ccc(NC(=O)C4CCN(C(=O)[C@@H](C)C(C)C)C4)cc3)cc2)C1)C(C)C.S.S. The number of ether oxygens (including phenoxy) is 1. The van der Waals surface area contributed by atoms with Crippen molar-refractivity contribution in [3.8, 4) is 11.1 Å². The lowest BCUT2D eigenvalue weighted by Gasteiger charge is -2.26. The molecule has 0 bridgehead atoms. The van der Waals surface area contributed by atoms with E-state index in [-0.39, 0.29) is 86.8 Å². The van der Waals surface area contributed by atoms with Crippen molar-refractivity contribution in [1.29, 1.82) is 0 Å². The molecule has 2 unspecified atom stereocenters. The van der Waals surface area contributed by atoms with Gasteiger partial charge >= 0.3 is 6.09 Å². The van der Waals surface area contributed by atoms with Crippen LogP contribution in [-0.4, -0.2) is 78.9 Å². The Bertz CT molecular complexity index is 1420. The van der Waals surface area contributed by atoms with Gasteiger partial charge in [-0.25, -0.2) is 4.79 Å². The van der Waals surface area contributed by atoms with Crippen molar-refractivity contribution in [1.82, 2.24) is 15.1 Å². The summed E-state index contributed by atoms with van der Waals surface area (Å²) in [4.78, 5) is 66.7. The van der Waals surface area contributed by atoms with Gasteiger partial charge in [-0.1, -0.05) is 58.9 Å². The Balaban J connectivity index is 0.00000400. The van der Waals surface area contributed by atoms with Gasteiger partial charge < -0.3 is 30.5 Å². The van der Waals surface area contributed by atoms with Crippen molar-refractivity contribution in [3.05, 3.63) is 48.5 Å². The van der Waals surface area contributed by atoms with Crippen LogP contribution in [0.5, 0.6) is 0 Å². The highest BCUT2D eigenvalue weighted by Gasteiger charge is 2.36. The molecule has 13 heteroatoms. The molecule has 2 aromatic rings. The van der Waals surface area contributed by atoms with E-state index in [1.165, 1.54) is 7.11 Å². The number of hydrogen-bond donors (Lipinski definition) is 3. The van der Waals surface area contributed by atoms with Gasteiger partial charge in [-0.2, -0.15) is 27.0 Å². The molecule has 2 aliphatic heterocycles. The fraction of sp³-hybridized carbons (Fsp3) is 0.514. The van der Waals surface area contributed by atoms with Gasteiger partial charge in [-0.3, -0.25) is 19.2 Å². The van der Waals surface area contributed by atoms with Crippen LogP contribution in [0.3, 0.4) is 0 Å². The molecular weight excluding hydrogens is 651 g/mol. The van der Waals surface area contributed by atoms with Gasteiger partial charge in [0.1, 0.15) is 6.04 Å². The quantitative estimate of drug-likeness (QED) is 0.325. The van der Waals surface area contributed by atoms with Crippen LogP contribution in [0.25, 0.3) is 11.1 Å². The normalized spacial score (nSPS) is 18.3. The fourth-order valence-corrected chi connectivity index (χ4v) is 5.80. The highest BCUT2D eigenvalue weighted by atomic mass is 32.1. The fourth-order valence-electron chi connectivity index (χ4n) is 5.80. The number of anilines is 2. The standard InChI is InChI=1S/C35H47N5O6.2H2S/c1-21(2)23(5)33(43)39-17-15-26(19-39)31(41)36-28-11-7-24(8-12-28)25-9-13-29(14-10-25)37-32(42)27-16-18-40(20-27)34(44)30(22(3)4)38-35(45)46-6;;/h7-14,21-23,26-27,30H,15-20H2,1-6H3,(H,36,41)(H,37,42)(H,38,45);2*1H2/t23-,26?,27?,30-;;/m0../s1. The molecule has 4 atom stereocenters. The molecule has 11 nitrogen and oxygen atoms in total. The summed E-state index contributed by atoms with van der Waals surface area (Å²) < 4.78 is 4.65. The largest absolute Gasteiger partial charge is 0.453 e. The molecule has 3 N–H and O–H groups in total. The number of carbonyl (C=O) groups is 5. The Morgan fingerprint density at radius 1 is 0.667 bits per heavy atom. The van der Waals surface area contributed by atoms with Crippen molar-refractivity contribution >= 4 is 68.1 Å². The maximum atomic E-state index is 13.0. The zero-order chi connectivity index (χ0) is 33.5. The predicted octanol–water partition coefficient (Wildman–Crippen LogP) is 4.83. The molecular formula is C35H51N5O6S2. The highest BCUT2D eigenvalue weighted by molar-refractivity contribution is 7.59. The molecule has 0 aliphatic carbocycles. The number of nitrogens with one attached hydrogen (secondary N) is 3. The van der Waals surface area contributed by atoms with E-state index in [1.54, 1.807) is 4.90 Å². The van der Waals surface area contributed by atoms with Crippen molar-refractivity contribution in [2.45, 2.75) is 53.5 Å². The summed E-state index contributed by atoms with van der Waals surface area (Å²) in [5.74, 6) is -0.846. The van der Waals surface area contributed by atoms with Crippen molar-refractivity contribution < 1.29 is 28.7 Å². The summed E-state index contributed by atoms with van der Waals surface area (Å²) in [6.45, 7) is 11.5. The zero-order valence-electron chi connectivity index (χ0n) is 28.7. The molecule has 2 saturated heterocycles. The molecule has 5 amide bonds. The lowest BCUT2D eigenvalue weighted by Crippen LogP contribution is -2.50. The number of methoxy groups -OCH3 is 1. The monoisotopic (exact) mass is 701 g/mol. The third-order valence-corrected chi connectivity index (χ3v) is 9.16. The van der Waals surface area contributed by atoms with Gasteiger partial charge in [-0.05, 0) is 60.1 Å². The lowest BCUT2D eigenvalue weighted by molar-refractivity contribution is -0.135. The topological polar surface area (TPSA) is 137 Å². The maximum Gasteiger partial charge on any atom is 0.407 e. The van der Waals surface area contributed by atoms with E-state index in [4.69, 9.17) is 0 Å². The second-order valence-corrected chi connectivity index (χ2v) is 13.1. The molecule has 2 aliphatic rings. The molecule has 0 aromatic heterocycles.